The van der Waals surface area contributed by atoms with Crippen molar-refractivity contribution in [3.63, 3.8) is 0 Å². The fourth-order valence-corrected chi connectivity index (χ4v) is 1.40. The fourth-order valence-electron chi connectivity index (χ4n) is 1.40. The summed E-state index contributed by atoms with van der Waals surface area (Å²) in [6, 6.07) is 11.3. The molecule has 0 unspecified atom stereocenters. The Hall–Kier alpha value is -2.74. The summed E-state index contributed by atoms with van der Waals surface area (Å²) in [5.41, 5.74) is 1.23. The highest BCUT2D eigenvalue weighted by atomic mass is 16.1. The molecular formula is C13H10N4O. The van der Waals surface area contributed by atoms with Gasteiger partial charge in [-0.2, -0.15) is 5.26 Å². The average Bonchev–Trinajstić information content (AvgIpc) is 2.46. The number of hydrogen-bond acceptors (Lipinski definition) is 4. The molecule has 0 saturated heterocycles. The number of amides is 1. The van der Waals surface area contributed by atoms with Gasteiger partial charge < -0.3 is 5.32 Å². The molecule has 0 spiro atoms. The Morgan fingerprint density at radius 1 is 1.22 bits per heavy atom. The van der Waals surface area contributed by atoms with E-state index in [2.05, 4.69) is 15.3 Å². The van der Waals surface area contributed by atoms with Crippen molar-refractivity contribution in [3.8, 4) is 17.5 Å². The number of aromatic nitrogens is 2. The molecule has 88 valence electrons. The van der Waals surface area contributed by atoms with Gasteiger partial charge in [0.15, 0.2) is 5.82 Å². The molecule has 0 fully saturated rings. The lowest BCUT2D eigenvalue weighted by Crippen LogP contribution is -2.23. The van der Waals surface area contributed by atoms with Crippen molar-refractivity contribution < 1.29 is 4.79 Å². The first-order chi connectivity index (χ1) is 8.81. The number of nitriles is 1. The van der Waals surface area contributed by atoms with Gasteiger partial charge in [-0.15, -0.1) is 0 Å². The van der Waals surface area contributed by atoms with Crippen molar-refractivity contribution in [1.82, 2.24) is 15.3 Å². The number of hydrogen-bond donors (Lipinski definition) is 1. The molecule has 1 aromatic heterocycles. The monoisotopic (exact) mass is 238 g/mol. The third-order valence-corrected chi connectivity index (χ3v) is 2.27. The third-order valence-electron chi connectivity index (χ3n) is 2.27. The van der Waals surface area contributed by atoms with Gasteiger partial charge >= 0.3 is 0 Å². The molecule has 2 aromatic rings. The zero-order valence-electron chi connectivity index (χ0n) is 9.50. The fraction of sp³-hybridized carbons (Fsp3) is 0.0769. The van der Waals surface area contributed by atoms with Crippen molar-refractivity contribution >= 4 is 5.91 Å². The highest BCUT2D eigenvalue weighted by molar-refractivity contribution is 5.93. The van der Waals surface area contributed by atoms with Crippen LogP contribution in [0.4, 0.5) is 0 Å². The quantitative estimate of drug-likeness (QED) is 0.820. The van der Waals surface area contributed by atoms with Gasteiger partial charge in [-0.25, -0.2) is 9.97 Å². The standard InChI is InChI=1S/C13H10N4O/c14-6-7-15-13(18)11-8-16-12(17-9-11)10-4-2-1-3-5-10/h1-5,8-9H,7H2,(H,15,18). The van der Waals surface area contributed by atoms with E-state index in [-0.39, 0.29) is 12.5 Å². The van der Waals surface area contributed by atoms with E-state index in [0.29, 0.717) is 11.4 Å². The summed E-state index contributed by atoms with van der Waals surface area (Å²) < 4.78 is 0. The molecule has 18 heavy (non-hydrogen) atoms. The molecule has 0 radical (unpaired) electrons. The summed E-state index contributed by atoms with van der Waals surface area (Å²) in [6.45, 7) is -0.0285. The average molecular weight is 238 g/mol. The molecule has 0 aliphatic heterocycles. The predicted molar refractivity (Wildman–Crippen MR) is 65.4 cm³/mol. The molecule has 1 amide bonds. The lowest BCUT2D eigenvalue weighted by molar-refractivity contribution is 0.0958. The van der Waals surface area contributed by atoms with E-state index >= 15 is 0 Å². The normalized spacial score (nSPS) is 9.50. The number of benzene rings is 1. The SMILES string of the molecule is N#CCNC(=O)c1cnc(-c2ccccc2)nc1. The summed E-state index contributed by atoms with van der Waals surface area (Å²) in [6.07, 6.45) is 2.89. The number of rotatable bonds is 3. The van der Waals surface area contributed by atoms with Crippen LogP contribution in [0.2, 0.25) is 0 Å². The Bertz CT molecular complexity index is 572. The van der Waals surface area contributed by atoms with E-state index in [1.54, 1.807) is 0 Å². The highest BCUT2D eigenvalue weighted by Crippen LogP contribution is 2.12. The van der Waals surface area contributed by atoms with Gasteiger partial charge in [-0.1, -0.05) is 30.3 Å². The minimum Gasteiger partial charge on any atom is -0.339 e. The van der Waals surface area contributed by atoms with Crippen LogP contribution < -0.4 is 5.32 Å². The lowest BCUT2D eigenvalue weighted by atomic mass is 10.2. The van der Waals surface area contributed by atoms with Crippen LogP contribution in [0.25, 0.3) is 11.4 Å². The molecule has 1 aromatic carbocycles. The highest BCUT2D eigenvalue weighted by Gasteiger charge is 2.06. The molecule has 1 heterocycles. The summed E-state index contributed by atoms with van der Waals surface area (Å²) in [7, 11) is 0. The molecule has 5 nitrogen and oxygen atoms in total. The molecule has 0 bridgehead atoms. The van der Waals surface area contributed by atoms with Gasteiger partial charge in [0.2, 0.25) is 0 Å². The number of carbonyl (C=O) groups excluding carboxylic acids is 1. The molecule has 2 rings (SSSR count). The largest absolute Gasteiger partial charge is 0.339 e. The van der Waals surface area contributed by atoms with E-state index in [1.807, 2.05) is 36.4 Å². The van der Waals surface area contributed by atoms with Crippen molar-refractivity contribution in [3.05, 3.63) is 48.3 Å². The second kappa shape index (κ2) is 5.55. The minimum absolute atomic E-state index is 0.0285. The minimum atomic E-state index is -0.351. The first-order valence-electron chi connectivity index (χ1n) is 5.34. The van der Waals surface area contributed by atoms with Gasteiger partial charge in [0.1, 0.15) is 6.54 Å². The van der Waals surface area contributed by atoms with Crippen LogP contribution in [0.3, 0.4) is 0 Å². The van der Waals surface area contributed by atoms with Gasteiger partial charge in [0.25, 0.3) is 5.91 Å². The zero-order chi connectivity index (χ0) is 12.8. The Labute approximate surface area is 104 Å². The van der Waals surface area contributed by atoms with Crippen LogP contribution in [0.15, 0.2) is 42.7 Å². The van der Waals surface area contributed by atoms with Crippen LogP contribution in [0.5, 0.6) is 0 Å². The maximum Gasteiger partial charge on any atom is 0.255 e. The maximum absolute atomic E-state index is 11.5. The molecule has 5 heteroatoms. The summed E-state index contributed by atoms with van der Waals surface area (Å²) >= 11 is 0. The van der Waals surface area contributed by atoms with Crippen molar-refractivity contribution in [2.75, 3.05) is 6.54 Å². The number of nitrogens with one attached hydrogen (secondary N) is 1. The van der Waals surface area contributed by atoms with Crippen LogP contribution in [0, 0.1) is 11.3 Å². The molecule has 0 aliphatic carbocycles. The van der Waals surface area contributed by atoms with Crippen LogP contribution in [-0.4, -0.2) is 22.4 Å². The Morgan fingerprint density at radius 2 is 1.89 bits per heavy atom. The summed E-state index contributed by atoms with van der Waals surface area (Å²) in [4.78, 5) is 19.8. The van der Waals surface area contributed by atoms with Crippen LogP contribution in [0.1, 0.15) is 10.4 Å². The second-order valence-electron chi connectivity index (χ2n) is 3.50. The van der Waals surface area contributed by atoms with E-state index in [9.17, 15) is 4.79 Å². The maximum atomic E-state index is 11.5. The number of nitrogens with zero attached hydrogens (tertiary/aromatic N) is 3. The van der Waals surface area contributed by atoms with E-state index in [4.69, 9.17) is 5.26 Å². The first-order valence-corrected chi connectivity index (χ1v) is 5.34. The van der Waals surface area contributed by atoms with Gasteiger partial charge in [0.05, 0.1) is 11.6 Å². The van der Waals surface area contributed by atoms with Crippen molar-refractivity contribution in [2.24, 2.45) is 0 Å². The second-order valence-corrected chi connectivity index (χ2v) is 3.50. The van der Waals surface area contributed by atoms with Gasteiger partial charge in [-0.3, -0.25) is 4.79 Å². The first kappa shape index (κ1) is 11.7. The number of carbonyl (C=O) groups is 1. The lowest BCUT2D eigenvalue weighted by Gasteiger charge is -2.02. The topological polar surface area (TPSA) is 78.7 Å². The Morgan fingerprint density at radius 3 is 2.50 bits per heavy atom. The Balaban J connectivity index is 2.16. The molecule has 0 aliphatic rings. The third kappa shape index (κ3) is 2.68. The van der Waals surface area contributed by atoms with E-state index in [1.165, 1.54) is 12.4 Å². The molecule has 1 N–H and O–H groups in total. The Kier molecular flexibility index (Phi) is 3.62. The van der Waals surface area contributed by atoms with E-state index in [0.717, 1.165) is 5.56 Å². The van der Waals surface area contributed by atoms with Gasteiger partial charge in [-0.05, 0) is 0 Å². The van der Waals surface area contributed by atoms with Gasteiger partial charge in [0, 0.05) is 18.0 Å². The smallest absolute Gasteiger partial charge is 0.255 e. The molecule has 0 atom stereocenters. The predicted octanol–water partition coefficient (Wildman–Crippen LogP) is 1.40. The van der Waals surface area contributed by atoms with Crippen molar-refractivity contribution in [1.29, 1.82) is 5.26 Å². The van der Waals surface area contributed by atoms with Crippen LogP contribution >= 0.6 is 0 Å². The van der Waals surface area contributed by atoms with Crippen molar-refractivity contribution in [2.45, 2.75) is 0 Å². The summed E-state index contributed by atoms with van der Waals surface area (Å²) in [5.74, 6) is 0.212. The van der Waals surface area contributed by atoms with E-state index < -0.39 is 0 Å². The zero-order valence-corrected chi connectivity index (χ0v) is 9.50. The van der Waals surface area contributed by atoms with Crippen LogP contribution in [-0.2, 0) is 0 Å². The summed E-state index contributed by atoms with van der Waals surface area (Å²) in [5, 5.41) is 10.8. The molecule has 0 saturated carbocycles. The molecular weight excluding hydrogens is 228 g/mol.